The maximum atomic E-state index is 7.55. The lowest BCUT2D eigenvalue weighted by atomic mass is 10.0. The third kappa shape index (κ3) is 3.94. The number of rotatable bonds is 5. The topological polar surface area (TPSA) is 29.6 Å². The maximum absolute atomic E-state index is 7.55. The molecule has 28 heavy (non-hydrogen) atoms. The molecule has 0 spiro atoms. The van der Waals surface area contributed by atoms with E-state index in [1.54, 1.807) is 11.3 Å². The molecule has 5 heteroatoms. The number of benzene rings is 2. The second-order valence-corrected chi connectivity index (χ2v) is 8.49. The zero-order valence-electron chi connectivity index (χ0n) is 15.3. The van der Waals surface area contributed by atoms with Gasteiger partial charge in [0.2, 0.25) is 5.00 Å². The Labute approximate surface area is 172 Å². The minimum atomic E-state index is 0.470. The van der Waals surface area contributed by atoms with Crippen molar-refractivity contribution < 1.29 is 0 Å². The summed E-state index contributed by atoms with van der Waals surface area (Å²) >= 11 is 3.15. The van der Waals surface area contributed by atoms with Crippen molar-refractivity contribution in [3.8, 4) is 9.88 Å². The van der Waals surface area contributed by atoms with E-state index in [0.29, 0.717) is 11.5 Å². The molecule has 136 valence electrons. The van der Waals surface area contributed by atoms with Crippen LogP contribution in [0.15, 0.2) is 77.9 Å². The molecule has 2 heterocycles. The molecule has 0 amide bonds. The van der Waals surface area contributed by atoms with Crippen LogP contribution in [0.1, 0.15) is 21.6 Å². The highest BCUT2D eigenvalue weighted by molar-refractivity contribution is 7.24. The number of thiophene rings is 1. The molecular weight excluding hydrogens is 382 g/mol. The van der Waals surface area contributed by atoms with Crippen LogP contribution in [0.2, 0.25) is 0 Å². The molecule has 0 aliphatic heterocycles. The Hall–Kier alpha value is -3.07. The first-order valence-electron chi connectivity index (χ1n) is 8.83. The van der Waals surface area contributed by atoms with Gasteiger partial charge in [0.05, 0.1) is 23.7 Å². The molecule has 0 aliphatic rings. The van der Waals surface area contributed by atoms with Gasteiger partial charge >= 0.3 is 0 Å². The van der Waals surface area contributed by atoms with Gasteiger partial charge in [0, 0.05) is 22.2 Å². The summed E-state index contributed by atoms with van der Waals surface area (Å²) in [7, 11) is 0. The molecular formula is C23H17N3S2. The Morgan fingerprint density at radius 2 is 1.64 bits per heavy atom. The van der Waals surface area contributed by atoms with Crippen LogP contribution in [0.25, 0.3) is 14.7 Å². The highest BCUT2D eigenvalue weighted by Gasteiger charge is 2.13. The first-order valence-corrected chi connectivity index (χ1v) is 10.5. The molecule has 2 aromatic carbocycles. The fourth-order valence-electron chi connectivity index (χ4n) is 2.91. The van der Waals surface area contributed by atoms with E-state index in [1.807, 2.05) is 49.5 Å². The number of thiazole rings is 1. The monoisotopic (exact) mass is 399 g/mol. The average molecular weight is 400 g/mol. The molecule has 4 rings (SSSR count). The molecule has 0 N–H and O–H groups in total. The number of aliphatic imine (C=N–C) groups is 1. The average Bonchev–Trinajstić information content (AvgIpc) is 3.36. The number of hydrogen-bond acceptors (Lipinski definition) is 4. The first-order chi connectivity index (χ1) is 13.7. The molecule has 2 aromatic heterocycles. The maximum Gasteiger partial charge on any atom is 0.246 e. The molecule has 0 fully saturated rings. The lowest BCUT2D eigenvalue weighted by Gasteiger charge is -2.07. The predicted molar refractivity (Wildman–Crippen MR) is 119 cm³/mol. The van der Waals surface area contributed by atoms with Crippen LogP contribution >= 0.6 is 22.7 Å². The zero-order chi connectivity index (χ0) is 19.3. The molecule has 0 unspecified atom stereocenters. The van der Waals surface area contributed by atoms with Gasteiger partial charge in [-0.1, -0.05) is 60.7 Å². The summed E-state index contributed by atoms with van der Waals surface area (Å²) in [4.78, 5) is 15.3. The van der Waals surface area contributed by atoms with E-state index < -0.39 is 0 Å². The summed E-state index contributed by atoms with van der Waals surface area (Å²) in [6.45, 7) is 10.1. The molecule has 0 aliphatic carbocycles. The SMILES string of the molecule is [C-]#[N+]c1sc(-c2ncc(C)s2)cc1CN=C(c1ccccc1)c1ccccc1. The number of nitrogens with zero attached hydrogens (tertiary/aromatic N) is 3. The standard InChI is InChI=1S/C23H17N3S2/c1-16-14-26-23(27-16)20-13-19(22(24-2)28-20)15-25-21(17-9-5-3-6-10-17)18-11-7-4-8-12-18/h3-14H,15H2,1H3. The van der Waals surface area contributed by atoms with Crippen LogP contribution in [0, 0.1) is 13.5 Å². The third-order valence-electron chi connectivity index (χ3n) is 4.22. The summed E-state index contributed by atoms with van der Waals surface area (Å²) in [5.74, 6) is 0. The van der Waals surface area contributed by atoms with Crippen molar-refractivity contribution in [1.29, 1.82) is 0 Å². The Bertz CT molecular complexity index is 1110. The van der Waals surface area contributed by atoms with E-state index in [9.17, 15) is 0 Å². The first kappa shape index (κ1) is 18.3. The highest BCUT2D eigenvalue weighted by Crippen LogP contribution is 2.39. The van der Waals surface area contributed by atoms with Crippen molar-refractivity contribution in [3.05, 3.63) is 106 Å². The number of aromatic nitrogens is 1. The van der Waals surface area contributed by atoms with Crippen molar-refractivity contribution in [2.45, 2.75) is 13.5 Å². The Morgan fingerprint density at radius 1 is 1.00 bits per heavy atom. The highest BCUT2D eigenvalue weighted by atomic mass is 32.1. The summed E-state index contributed by atoms with van der Waals surface area (Å²) in [5, 5.41) is 1.65. The van der Waals surface area contributed by atoms with Crippen molar-refractivity contribution in [3.63, 3.8) is 0 Å². The minimum Gasteiger partial charge on any atom is -0.281 e. The zero-order valence-corrected chi connectivity index (χ0v) is 16.9. The van der Waals surface area contributed by atoms with Gasteiger partial charge in [-0.15, -0.1) is 11.3 Å². The Morgan fingerprint density at radius 3 is 2.18 bits per heavy atom. The Kier molecular flexibility index (Phi) is 5.43. The molecule has 0 saturated heterocycles. The third-order valence-corrected chi connectivity index (χ3v) is 6.38. The predicted octanol–water partition coefficient (Wildman–Crippen LogP) is 6.77. The van der Waals surface area contributed by atoms with Crippen LogP contribution in [0.5, 0.6) is 0 Å². The molecule has 0 saturated carbocycles. The van der Waals surface area contributed by atoms with Gasteiger partial charge < -0.3 is 0 Å². The molecule has 0 radical (unpaired) electrons. The second kappa shape index (κ2) is 8.30. The van der Waals surface area contributed by atoms with E-state index in [0.717, 1.165) is 32.3 Å². The quantitative estimate of drug-likeness (QED) is 0.269. The van der Waals surface area contributed by atoms with Crippen LogP contribution in [-0.2, 0) is 6.54 Å². The summed E-state index contributed by atoms with van der Waals surface area (Å²) in [5.41, 5.74) is 4.04. The molecule has 4 aromatic rings. The fourth-order valence-corrected chi connectivity index (χ4v) is 4.68. The van der Waals surface area contributed by atoms with Crippen LogP contribution in [0.4, 0.5) is 5.00 Å². The molecule has 3 nitrogen and oxygen atoms in total. The fraction of sp³-hybridized carbons (Fsp3) is 0.0870. The van der Waals surface area contributed by atoms with Crippen LogP contribution < -0.4 is 0 Å². The number of aryl methyl sites for hydroxylation is 1. The van der Waals surface area contributed by atoms with Gasteiger partial charge in [-0.3, -0.25) is 4.99 Å². The van der Waals surface area contributed by atoms with E-state index in [2.05, 4.69) is 40.2 Å². The van der Waals surface area contributed by atoms with Crippen molar-refractivity contribution in [2.75, 3.05) is 0 Å². The summed E-state index contributed by atoms with van der Waals surface area (Å²) in [6.07, 6.45) is 1.87. The van der Waals surface area contributed by atoms with Gasteiger partial charge in [0.1, 0.15) is 5.01 Å². The summed E-state index contributed by atoms with van der Waals surface area (Å²) in [6, 6.07) is 22.4. The van der Waals surface area contributed by atoms with Gasteiger partial charge in [0.25, 0.3) is 0 Å². The van der Waals surface area contributed by atoms with Crippen molar-refractivity contribution >= 4 is 33.4 Å². The summed E-state index contributed by atoms with van der Waals surface area (Å²) < 4.78 is 0. The molecule has 0 bridgehead atoms. The van der Waals surface area contributed by atoms with Crippen molar-refractivity contribution in [1.82, 2.24) is 4.98 Å². The Balaban J connectivity index is 1.71. The van der Waals surface area contributed by atoms with E-state index in [-0.39, 0.29) is 0 Å². The van der Waals surface area contributed by atoms with Gasteiger partial charge in [0.15, 0.2) is 0 Å². The van der Waals surface area contributed by atoms with Gasteiger partial charge in [-0.25, -0.2) is 9.83 Å². The smallest absolute Gasteiger partial charge is 0.246 e. The minimum absolute atomic E-state index is 0.470. The van der Waals surface area contributed by atoms with Gasteiger partial charge in [-0.05, 0) is 18.6 Å². The molecule has 0 atom stereocenters. The van der Waals surface area contributed by atoms with E-state index >= 15 is 0 Å². The van der Waals surface area contributed by atoms with Gasteiger partial charge in [-0.2, -0.15) is 11.3 Å². The van der Waals surface area contributed by atoms with Crippen LogP contribution in [0.3, 0.4) is 0 Å². The lowest BCUT2D eigenvalue weighted by molar-refractivity contribution is 1.08. The van der Waals surface area contributed by atoms with E-state index in [1.165, 1.54) is 16.2 Å². The normalized spacial score (nSPS) is 10.4. The largest absolute Gasteiger partial charge is 0.281 e. The van der Waals surface area contributed by atoms with Crippen LogP contribution in [-0.4, -0.2) is 10.7 Å². The van der Waals surface area contributed by atoms with E-state index in [4.69, 9.17) is 11.6 Å². The lowest BCUT2D eigenvalue weighted by Crippen LogP contribution is -2.03. The number of hydrogen-bond donors (Lipinski definition) is 0. The van der Waals surface area contributed by atoms with Crippen molar-refractivity contribution in [2.24, 2.45) is 4.99 Å². The second-order valence-electron chi connectivity index (χ2n) is 6.23.